The summed E-state index contributed by atoms with van der Waals surface area (Å²) in [5.41, 5.74) is 0.739. The number of hydrogen-bond donors (Lipinski definition) is 0. The smallest absolute Gasteiger partial charge is 0.167 e. The highest BCUT2D eigenvalue weighted by atomic mass is 79.9. The minimum Gasteiger partial charge on any atom is -0.482 e. The fourth-order valence-electron chi connectivity index (χ4n) is 1.38. The number of hydrogen-bond acceptors (Lipinski definition) is 3. The lowest BCUT2D eigenvalue weighted by Crippen LogP contribution is -2.03. The number of aryl methyl sites for hydroxylation is 1. The molecule has 0 aliphatic heterocycles. The normalized spacial score (nSPS) is 10.4. The van der Waals surface area contributed by atoms with Gasteiger partial charge in [-0.1, -0.05) is 27.5 Å². The molecule has 6 heteroatoms. The van der Waals surface area contributed by atoms with Crippen molar-refractivity contribution < 1.29 is 9.13 Å². The summed E-state index contributed by atoms with van der Waals surface area (Å²) in [4.78, 5) is 8.14. The van der Waals surface area contributed by atoms with E-state index in [9.17, 15) is 4.39 Å². The Hall–Kier alpha value is -1.20. The zero-order chi connectivity index (χ0) is 13.1. The molecule has 0 spiro atoms. The van der Waals surface area contributed by atoms with Crippen LogP contribution < -0.4 is 4.74 Å². The summed E-state index contributed by atoms with van der Waals surface area (Å²) >= 11 is 9.05. The van der Waals surface area contributed by atoms with Crippen molar-refractivity contribution in [3.05, 3.63) is 51.2 Å². The predicted octanol–water partition coefficient (Wildman–Crippen LogP) is 3.92. The lowest BCUT2D eigenvalue weighted by atomic mass is 10.3. The van der Waals surface area contributed by atoms with E-state index >= 15 is 0 Å². The molecule has 1 aromatic carbocycles. The average molecular weight is 332 g/mol. The average Bonchev–Trinajstić information content (AvgIpc) is 2.29. The van der Waals surface area contributed by atoms with Crippen molar-refractivity contribution in [3.8, 4) is 5.75 Å². The van der Waals surface area contributed by atoms with Crippen LogP contribution in [-0.2, 0) is 6.61 Å². The fraction of sp³-hybridized carbons (Fsp3) is 0.167. The highest BCUT2D eigenvalue weighted by molar-refractivity contribution is 9.10. The summed E-state index contributed by atoms with van der Waals surface area (Å²) in [6, 6.07) is 6.11. The second-order valence-electron chi connectivity index (χ2n) is 3.61. The van der Waals surface area contributed by atoms with Crippen molar-refractivity contribution in [2.24, 2.45) is 0 Å². The SMILES string of the molecule is Cc1cc(Cl)nc(COc2cc(Br)ccc2F)n1. The van der Waals surface area contributed by atoms with Gasteiger partial charge in [0, 0.05) is 10.2 Å². The second-order valence-corrected chi connectivity index (χ2v) is 4.91. The van der Waals surface area contributed by atoms with Crippen LogP contribution in [0.4, 0.5) is 4.39 Å². The van der Waals surface area contributed by atoms with Crippen LogP contribution in [-0.4, -0.2) is 9.97 Å². The summed E-state index contributed by atoms with van der Waals surface area (Å²) in [5, 5.41) is 0.343. The lowest BCUT2D eigenvalue weighted by Gasteiger charge is -2.07. The number of benzene rings is 1. The third-order valence-corrected chi connectivity index (χ3v) is 2.81. The minimum atomic E-state index is -0.433. The van der Waals surface area contributed by atoms with Crippen molar-refractivity contribution in [1.82, 2.24) is 9.97 Å². The molecule has 94 valence electrons. The number of aromatic nitrogens is 2. The molecular weight excluding hydrogens is 323 g/mol. The van der Waals surface area contributed by atoms with Gasteiger partial charge in [0.2, 0.25) is 0 Å². The van der Waals surface area contributed by atoms with Gasteiger partial charge < -0.3 is 4.74 Å². The van der Waals surface area contributed by atoms with Gasteiger partial charge in [-0.2, -0.15) is 0 Å². The van der Waals surface area contributed by atoms with E-state index in [2.05, 4.69) is 25.9 Å². The van der Waals surface area contributed by atoms with Crippen LogP contribution >= 0.6 is 27.5 Å². The maximum absolute atomic E-state index is 13.4. The van der Waals surface area contributed by atoms with E-state index in [4.69, 9.17) is 16.3 Å². The Labute approximate surface area is 117 Å². The Kier molecular flexibility index (Phi) is 4.14. The number of nitrogens with zero attached hydrogens (tertiary/aromatic N) is 2. The summed E-state index contributed by atoms with van der Waals surface area (Å²) in [6.07, 6.45) is 0. The second kappa shape index (κ2) is 5.63. The fourth-order valence-corrected chi connectivity index (χ4v) is 1.98. The van der Waals surface area contributed by atoms with Gasteiger partial charge in [-0.15, -0.1) is 0 Å². The van der Waals surface area contributed by atoms with Gasteiger partial charge in [-0.25, -0.2) is 14.4 Å². The van der Waals surface area contributed by atoms with Gasteiger partial charge >= 0.3 is 0 Å². The summed E-state index contributed by atoms with van der Waals surface area (Å²) in [7, 11) is 0. The van der Waals surface area contributed by atoms with E-state index in [1.807, 2.05) is 0 Å². The Morgan fingerprint density at radius 3 is 2.83 bits per heavy atom. The molecule has 3 nitrogen and oxygen atoms in total. The monoisotopic (exact) mass is 330 g/mol. The van der Waals surface area contributed by atoms with Crippen LogP contribution in [0.15, 0.2) is 28.7 Å². The summed E-state index contributed by atoms with van der Waals surface area (Å²) < 4.78 is 19.5. The van der Waals surface area contributed by atoms with Gasteiger partial charge in [0.05, 0.1) is 0 Å². The van der Waals surface area contributed by atoms with E-state index < -0.39 is 5.82 Å². The molecule has 2 aromatic rings. The Balaban J connectivity index is 2.13. The van der Waals surface area contributed by atoms with Crippen molar-refractivity contribution in [1.29, 1.82) is 0 Å². The Morgan fingerprint density at radius 1 is 1.33 bits per heavy atom. The third kappa shape index (κ3) is 3.40. The molecule has 0 aliphatic carbocycles. The highest BCUT2D eigenvalue weighted by Crippen LogP contribution is 2.22. The van der Waals surface area contributed by atoms with Crippen LogP contribution in [0.1, 0.15) is 11.5 Å². The van der Waals surface area contributed by atoms with Crippen LogP contribution in [0.25, 0.3) is 0 Å². The maximum Gasteiger partial charge on any atom is 0.167 e. The zero-order valence-corrected chi connectivity index (χ0v) is 11.8. The van der Waals surface area contributed by atoms with Gasteiger partial charge in [-0.3, -0.25) is 0 Å². The molecule has 0 N–H and O–H groups in total. The first-order valence-corrected chi connectivity index (χ1v) is 6.29. The third-order valence-electron chi connectivity index (χ3n) is 2.12. The van der Waals surface area contributed by atoms with Crippen molar-refractivity contribution in [3.63, 3.8) is 0 Å². The van der Waals surface area contributed by atoms with Crippen molar-refractivity contribution in [2.45, 2.75) is 13.5 Å². The minimum absolute atomic E-state index is 0.0643. The van der Waals surface area contributed by atoms with Gasteiger partial charge in [0.1, 0.15) is 11.8 Å². The summed E-state index contributed by atoms with van der Waals surface area (Å²) in [5.74, 6) is 0.127. The van der Waals surface area contributed by atoms with Crippen molar-refractivity contribution in [2.75, 3.05) is 0 Å². The molecule has 1 heterocycles. The molecule has 18 heavy (non-hydrogen) atoms. The molecule has 0 atom stereocenters. The van der Waals surface area contributed by atoms with Crippen LogP contribution in [0.3, 0.4) is 0 Å². The first kappa shape index (κ1) is 13.2. The van der Waals surface area contributed by atoms with E-state index in [1.54, 1.807) is 25.1 Å². The van der Waals surface area contributed by atoms with Gasteiger partial charge in [0.15, 0.2) is 17.4 Å². The van der Waals surface area contributed by atoms with Crippen LogP contribution in [0, 0.1) is 12.7 Å². The maximum atomic E-state index is 13.4. The van der Waals surface area contributed by atoms with Crippen LogP contribution in [0.5, 0.6) is 5.75 Å². The molecule has 0 bridgehead atoms. The molecular formula is C12H9BrClFN2O. The summed E-state index contributed by atoms with van der Waals surface area (Å²) in [6.45, 7) is 1.87. The molecule has 2 rings (SSSR count). The topological polar surface area (TPSA) is 35.0 Å². The Bertz CT molecular complexity index is 560. The molecule has 1 aromatic heterocycles. The van der Waals surface area contributed by atoms with Gasteiger partial charge in [0.25, 0.3) is 0 Å². The molecule has 0 radical (unpaired) electrons. The first-order valence-electron chi connectivity index (χ1n) is 5.12. The van der Waals surface area contributed by atoms with E-state index in [1.165, 1.54) is 6.07 Å². The molecule has 0 amide bonds. The molecule has 0 saturated heterocycles. The quantitative estimate of drug-likeness (QED) is 0.800. The Morgan fingerprint density at radius 2 is 2.11 bits per heavy atom. The first-order chi connectivity index (χ1) is 8.54. The van der Waals surface area contributed by atoms with E-state index in [-0.39, 0.29) is 12.4 Å². The number of rotatable bonds is 3. The van der Waals surface area contributed by atoms with Crippen molar-refractivity contribution >= 4 is 27.5 Å². The predicted molar refractivity (Wildman–Crippen MR) is 70.2 cm³/mol. The van der Waals surface area contributed by atoms with Gasteiger partial charge in [-0.05, 0) is 31.2 Å². The highest BCUT2D eigenvalue weighted by Gasteiger charge is 2.06. The van der Waals surface area contributed by atoms with Crippen LogP contribution in [0.2, 0.25) is 5.15 Å². The number of halogens is 3. The molecule has 0 unspecified atom stereocenters. The van der Waals surface area contributed by atoms with E-state index in [0.717, 1.165) is 10.2 Å². The lowest BCUT2D eigenvalue weighted by molar-refractivity contribution is 0.280. The van der Waals surface area contributed by atoms with E-state index in [0.29, 0.717) is 11.0 Å². The number of ether oxygens (including phenoxy) is 1. The standard InChI is InChI=1S/C12H9BrClFN2O/c1-7-4-11(14)17-12(16-7)6-18-10-5-8(13)2-3-9(10)15/h2-5H,6H2,1H3. The molecule has 0 fully saturated rings. The zero-order valence-electron chi connectivity index (χ0n) is 9.45. The molecule has 0 aliphatic rings. The molecule has 0 saturated carbocycles. The largest absolute Gasteiger partial charge is 0.482 e.